The third-order valence-corrected chi connectivity index (χ3v) is 7.48. The molecular formula is C22H31O5PS. The van der Waals surface area contributed by atoms with Crippen molar-refractivity contribution in [2.24, 2.45) is 0 Å². The Morgan fingerprint density at radius 3 is 2.17 bits per heavy atom. The van der Waals surface area contributed by atoms with E-state index < -0.39 is 7.60 Å². The zero-order valence-corrected chi connectivity index (χ0v) is 19.7. The molecular weight excluding hydrogens is 407 g/mol. The van der Waals surface area contributed by atoms with Crippen molar-refractivity contribution >= 4 is 19.4 Å². The van der Waals surface area contributed by atoms with Crippen LogP contribution in [0.3, 0.4) is 0 Å². The van der Waals surface area contributed by atoms with Crippen LogP contribution in [0.25, 0.3) is 0 Å². The highest BCUT2D eigenvalue weighted by Gasteiger charge is 2.25. The van der Waals surface area contributed by atoms with E-state index in [1.807, 2.05) is 38.1 Å². The molecule has 0 unspecified atom stereocenters. The zero-order chi connectivity index (χ0) is 21.6. The van der Waals surface area contributed by atoms with Gasteiger partial charge in [0, 0.05) is 15.4 Å². The van der Waals surface area contributed by atoms with Crippen LogP contribution in [-0.4, -0.2) is 24.7 Å². The molecule has 2 aromatic rings. The molecule has 0 fully saturated rings. The summed E-state index contributed by atoms with van der Waals surface area (Å²) in [6, 6.07) is 9.48. The molecule has 0 heterocycles. The zero-order valence-electron chi connectivity index (χ0n) is 18.0. The molecule has 5 nitrogen and oxygen atoms in total. The molecule has 0 spiro atoms. The number of aromatic hydroxyl groups is 1. The summed E-state index contributed by atoms with van der Waals surface area (Å²) in [4.78, 5) is 2.15. The van der Waals surface area contributed by atoms with Crippen LogP contribution in [-0.2, 0) is 13.6 Å². The molecule has 0 aliphatic heterocycles. The van der Waals surface area contributed by atoms with E-state index in [4.69, 9.17) is 13.8 Å². The molecule has 0 aliphatic rings. The number of hydrogen-bond donors (Lipinski definition) is 1. The van der Waals surface area contributed by atoms with Crippen molar-refractivity contribution in [2.45, 2.75) is 57.3 Å². The van der Waals surface area contributed by atoms with Gasteiger partial charge in [-0.1, -0.05) is 31.7 Å². The molecule has 0 amide bonds. The molecule has 0 atom stereocenters. The molecule has 1 N–H and O–H groups in total. The normalized spacial score (nSPS) is 11.8. The predicted molar refractivity (Wildman–Crippen MR) is 119 cm³/mol. The van der Waals surface area contributed by atoms with Crippen LogP contribution in [0.4, 0.5) is 0 Å². The van der Waals surface area contributed by atoms with Gasteiger partial charge in [-0.2, -0.15) is 0 Å². The number of benzene rings is 2. The second kappa shape index (κ2) is 10.5. The lowest BCUT2D eigenvalue weighted by Crippen LogP contribution is -2.06. The average molecular weight is 439 g/mol. The second-order valence-corrected chi connectivity index (χ2v) is 10.1. The van der Waals surface area contributed by atoms with E-state index in [1.54, 1.807) is 31.7 Å². The van der Waals surface area contributed by atoms with Gasteiger partial charge < -0.3 is 18.9 Å². The fraction of sp³-hybridized carbons (Fsp3) is 0.455. The smallest absolute Gasteiger partial charge is 0.367 e. The lowest BCUT2D eigenvalue weighted by molar-refractivity contribution is 0.197. The highest BCUT2D eigenvalue weighted by atomic mass is 32.2. The van der Waals surface area contributed by atoms with Crippen molar-refractivity contribution in [3.63, 3.8) is 0 Å². The van der Waals surface area contributed by atoms with E-state index in [2.05, 4.69) is 13.8 Å². The minimum absolute atomic E-state index is 0.121. The third kappa shape index (κ3) is 6.26. The molecule has 2 aromatic carbocycles. The Balaban J connectivity index is 2.25. The van der Waals surface area contributed by atoms with Crippen LogP contribution in [0.1, 0.15) is 50.3 Å². The summed E-state index contributed by atoms with van der Waals surface area (Å²) in [5, 5.41) is 10.3. The van der Waals surface area contributed by atoms with Gasteiger partial charge in [-0.05, 0) is 69.0 Å². The molecule has 7 heteroatoms. The van der Waals surface area contributed by atoms with Gasteiger partial charge in [-0.3, -0.25) is 4.57 Å². The largest absolute Gasteiger partial charge is 0.508 e. The van der Waals surface area contributed by atoms with Gasteiger partial charge in [0.15, 0.2) is 6.35 Å². The quantitative estimate of drug-likeness (QED) is 0.408. The Hall–Kier alpha value is -1.46. The number of hydrogen-bond acceptors (Lipinski definition) is 6. The number of phenols is 1. The lowest BCUT2D eigenvalue weighted by Gasteiger charge is -2.19. The van der Waals surface area contributed by atoms with E-state index in [9.17, 15) is 9.67 Å². The van der Waals surface area contributed by atoms with Gasteiger partial charge >= 0.3 is 7.60 Å². The minimum Gasteiger partial charge on any atom is -0.508 e. The van der Waals surface area contributed by atoms with Gasteiger partial charge in [0.25, 0.3) is 0 Å². The molecule has 29 heavy (non-hydrogen) atoms. The molecule has 2 rings (SSSR count). The standard InChI is InChI=1S/C22H31O5PS/c1-7-26-28(24,27-8-2)14-25-18-12-16(5)22(17(6)13-18)29-20-11-9-10-19(23)21(20)15(3)4/h9-13,15,23H,7-8,14H2,1-6H3. The molecule has 160 valence electrons. The van der Waals surface area contributed by atoms with E-state index in [-0.39, 0.29) is 12.3 Å². The van der Waals surface area contributed by atoms with Crippen LogP contribution in [0.5, 0.6) is 11.5 Å². The fourth-order valence-electron chi connectivity index (χ4n) is 3.13. The SMILES string of the molecule is CCOP(=O)(COc1cc(C)c(Sc2cccc(O)c2C(C)C)c(C)c1)OCC. The summed E-state index contributed by atoms with van der Waals surface area (Å²) in [5.41, 5.74) is 3.04. The van der Waals surface area contributed by atoms with Crippen LogP contribution < -0.4 is 4.74 Å². The van der Waals surface area contributed by atoms with Crippen LogP contribution >= 0.6 is 19.4 Å². The van der Waals surface area contributed by atoms with E-state index in [0.717, 1.165) is 26.5 Å². The maximum Gasteiger partial charge on any atom is 0.367 e. The van der Waals surface area contributed by atoms with Gasteiger partial charge in [0.1, 0.15) is 11.5 Å². The summed E-state index contributed by atoms with van der Waals surface area (Å²) in [5.74, 6) is 1.17. The Kier molecular flexibility index (Phi) is 8.65. The Morgan fingerprint density at radius 2 is 1.66 bits per heavy atom. The number of aryl methyl sites for hydroxylation is 2. The minimum atomic E-state index is -3.26. The lowest BCUT2D eigenvalue weighted by atomic mass is 10.0. The maximum absolute atomic E-state index is 12.6. The Morgan fingerprint density at radius 1 is 1.07 bits per heavy atom. The summed E-state index contributed by atoms with van der Waals surface area (Å²) in [6.45, 7) is 12.3. The molecule has 0 saturated heterocycles. The Bertz CT molecular complexity index is 848. The maximum atomic E-state index is 12.6. The summed E-state index contributed by atoms with van der Waals surface area (Å²) >= 11 is 1.64. The Labute approximate surface area is 178 Å². The van der Waals surface area contributed by atoms with Gasteiger partial charge in [0.05, 0.1) is 13.2 Å². The van der Waals surface area contributed by atoms with E-state index >= 15 is 0 Å². The van der Waals surface area contributed by atoms with Crippen molar-refractivity contribution in [1.82, 2.24) is 0 Å². The highest BCUT2D eigenvalue weighted by molar-refractivity contribution is 7.99. The number of rotatable bonds is 10. The van der Waals surface area contributed by atoms with Crippen molar-refractivity contribution in [2.75, 3.05) is 19.6 Å². The van der Waals surface area contributed by atoms with Crippen LogP contribution in [0, 0.1) is 13.8 Å². The molecule has 0 radical (unpaired) electrons. The fourth-order valence-corrected chi connectivity index (χ4v) is 5.70. The monoisotopic (exact) mass is 438 g/mol. The number of ether oxygens (including phenoxy) is 1. The van der Waals surface area contributed by atoms with Crippen LogP contribution in [0.2, 0.25) is 0 Å². The summed E-state index contributed by atoms with van der Waals surface area (Å²) in [6.07, 6.45) is -0.121. The van der Waals surface area contributed by atoms with Crippen LogP contribution in [0.15, 0.2) is 40.1 Å². The second-order valence-electron chi connectivity index (χ2n) is 7.05. The first-order valence-electron chi connectivity index (χ1n) is 9.82. The van der Waals surface area contributed by atoms with Gasteiger partial charge in [0.2, 0.25) is 0 Å². The molecule has 0 saturated carbocycles. The highest BCUT2D eigenvalue weighted by Crippen LogP contribution is 2.48. The van der Waals surface area contributed by atoms with E-state index in [0.29, 0.717) is 24.7 Å². The predicted octanol–water partition coefficient (Wildman–Crippen LogP) is 6.89. The van der Waals surface area contributed by atoms with Crippen molar-refractivity contribution in [3.8, 4) is 11.5 Å². The average Bonchev–Trinajstić information content (AvgIpc) is 2.63. The number of phenolic OH excluding ortho intramolecular Hbond substituents is 1. The van der Waals surface area contributed by atoms with Crippen molar-refractivity contribution < 1.29 is 23.5 Å². The van der Waals surface area contributed by atoms with Gasteiger partial charge in [-0.15, -0.1) is 0 Å². The molecule has 0 aromatic heterocycles. The van der Waals surface area contributed by atoms with Crippen molar-refractivity contribution in [3.05, 3.63) is 47.0 Å². The first-order chi connectivity index (χ1) is 13.7. The molecule has 0 bridgehead atoms. The summed E-state index contributed by atoms with van der Waals surface area (Å²) in [7, 11) is -3.26. The topological polar surface area (TPSA) is 65.0 Å². The first kappa shape index (κ1) is 23.8. The summed E-state index contributed by atoms with van der Waals surface area (Å²) < 4.78 is 28.9. The van der Waals surface area contributed by atoms with E-state index in [1.165, 1.54) is 0 Å². The van der Waals surface area contributed by atoms with Crippen molar-refractivity contribution in [1.29, 1.82) is 0 Å². The van der Waals surface area contributed by atoms with Gasteiger partial charge in [-0.25, -0.2) is 0 Å². The first-order valence-corrected chi connectivity index (χ1v) is 12.4. The third-order valence-electron chi connectivity index (χ3n) is 4.31. The molecule has 0 aliphatic carbocycles.